The molecule has 1 fully saturated rings. The van der Waals surface area contributed by atoms with Crippen molar-refractivity contribution in [2.45, 2.75) is 52.2 Å². The molecule has 32 heavy (non-hydrogen) atoms. The quantitative estimate of drug-likeness (QED) is 0.591. The van der Waals surface area contributed by atoms with Crippen LogP contribution in [0.5, 0.6) is 11.6 Å². The van der Waals surface area contributed by atoms with Crippen molar-refractivity contribution in [1.82, 2.24) is 24.6 Å². The molecule has 4 rings (SSSR count). The second-order valence-electron chi connectivity index (χ2n) is 9.11. The molecule has 0 saturated carbocycles. The molecule has 3 heterocycles. The summed E-state index contributed by atoms with van der Waals surface area (Å²) in [5.74, 6) is 1.13. The first-order chi connectivity index (χ1) is 15.3. The lowest BCUT2D eigenvalue weighted by Crippen LogP contribution is -2.26. The number of ether oxygens (including phenoxy) is 1. The number of nitrogens with two attached hydrogens (primary N) is 1. The molecule has 1 aliphatic heterocycles. The molecule has 1 aromatic carbocycles. The van der Waals surface area contributed by atoms with Crippen LogP contribution in [0.4, 0.5) is 11.5 Å². The normalized spacial score (nSPS) is 16.3. The number of nitrogens with zero attached hydrogens (tertiary/aromatic N) is 6. The summed E-state index contributed by atoms with van der Waals surface area (Å²) in [4.78, 5) is 13.7. The van der Waals surface area contributed by atoms with Crippen LogP contribution in [0.2, 0.25) is 0 Å². The van der Waals surface area contributed by atoms with Gasteiger partial charge in [-0.25, -0.2) is 9.97 Å². The summed E-state index contributed by atoms with van der Waals surface area (Å²) >= 11 is 0. The topological polar surface area (TPSA) is 85.3 Å². The van der Waals surface area contributed by atoms with Crippen molar-refractivity contribution in [2.75, 3.05) is 31.3 Å². The van der Waals surface area contributed by atoms with Crippen LogP contribution in [-0.4, -0.2) is 51.3 Å². The summed E-state index contributed by atoms with van der Waals surface area (Å²) in [6, 6.07) is 7.43. The maximum absolute atomic E-state index is 6.08. The van der Waals surface area contributed by atoms with Gasteiger partial charge < -0.3 is 20.3 Å². The Hall–Kier alpha value is -3.13. The third-order valence-electron chi connectivity index (χ3n) is 5.75. The lowest BCUT2D eigenvalue weighted by Gasteiger charge is -2.25. The van der Waals surface area contributed by atoms with Crippen molar-refractivity contribution in [3.05, 3.63) is 42.4 Å². The summed E-state index contributed by atoms with van der Waals surface area (Å²) in [5.41, 5.74) is 10.3. The molecule has 1 atom stereocenters. The fraction of sp³-hybridized carbons (Fsp3) is 0.458. The molecule has 1 aliphatic rings. The van der Waals surface area contributed by atoms with Crippen LogP contribution in [0, 0.1) is 0 Å². The number of anilines is 2. The van der Waals surface area contributed by atoms with Gasteiger partial charge >= 0.3 is 0 Å². The van der Waals surface area contributed by atoms with E-state index in [1.165, 1.54) is 24.1 Å². The van der Waals surface area contributed by atoms with Crippen molar-refractivity contribution in [2.24, 2.45) is 0 Å². The van der Waals surface area contributed by atoms with Gasteiger partial charge in [0, 0.05) is 36.4 Å². The largest absolute Gasteiger partial charge is 0.433 e. The van der Waals surface area contributed by atoms with E-state index in [9.17, 15) is 0 Å². The lowest BCUT2D eigenvalue weighted by atomic mass is 10.1. The number of aromatic nitrogens is 4. The Bertz CT molecular complexity index is 1080. The zero-order valence-corrected chi connectivity index (χ0v) is 19.6. The van der Waals surface area contributed by atoms with Crippen LogP contribution < -0.4 is 15.4 Å². The first kappa shape index (κ1) is 22.1. The highest BCUT2D eigenvalue weighted by molar-refractivity contribution is 5.68. The minimum atomic E-state index is 0.243. The van der Waals surface area contributed by atoms with Crippen LogP contribution in [0.15, 0.2) is 36.8 Å². The molecule has 170 valence electrons. The van der Waals surface area contributed by atoms with E-state index in [2.05, 4.69) is 72.9 Å². The van der Waals surface area contributed by atoms with E-state index in [1.54, 1.807) is 12.4 Å². The van der Waals surface area contributed by atoms with Crippen molar-refractivity contribution >= 4 is 11.5 Å². The zero-order chi connectivity index (χ0) is 22.8. The number of benzene rings is 1. The van der Waals surface area contributed by atoms with Crippen molar-refractivity contribution < 1.29 is 4.74 Å². The smallest absolute Gasteiger partial charge is 0.263 e. The molecule has 0 bridgehead atoms. The van der Waals surface area contributed by atoms with Gasteiger partial charge in [-0.05, 0) is 71.5 Å². The predicted octanol–water partition coefficient (Wildman–Crippen LogP) is 4.35. The fourth-order valence-electron chi connectivity index (χ4n) is 4.12. The molecule has 0 radical (unpaired) electrons. The molecule has 8 nitrogen and oxygen atoms in total. The van der Waals surface area contributed by atoms with Gasteiger partial charge in [0.05, 0.1) is 24.3 Å². The highest BCUT2D eigenvalue weighted by Gasteiger charge is 2.22. The number of hydrogen-bond acceptors (Lipinski definition) is 7. The number of rotatable bonds is 7. The van der Waals surface area contributed by atoms with E-state index < -0.39 is 0 Å². The molecular weight excluding hydrogens is 402 g/mol. The molecule has 2 N–H and O–H groups in total. The summed E-state index contributed by atoms with van der Waals surface area (Å²) in [7, 11) is 4.16. The second kappa shape index (κ2) is 9.16. The maximum atomic E-state index is 6.08. The van der Waals surface area contributed by atoms with Crippen molar-refractivity contribution in [3.8, 4) is 22.9 Å². The summed E-state index contributed by atoms with van der Waals surface area (Å²) in [6.07, 6.45) is 7.65. The highest BCUT2D eigenvalue weighted by Crippen LogP contribution is 2.33. The van der Waals surface area contributed by atoms with Gasteiger partial charge in [0.1, 0.15) is 0 Å². The summed E-state index contributed by atoms with van der Waals surface area (Å²) < 4.78 is 7.77. The second-order valence-corrected chi connectivity index (χ2v) is 9.11. The van der Waals surface area contributed by atoms with Gasteiger partial charge in [0.2, 0.25) is 0 Å². The SMILES string of the molecule is CC1CCCN1c1cc(CN(C)C)cc(-c2cnc(N)c(Oc3cnn(C(C)C)c3)n2)c1. The first-order valence-corrected chi connectivity index (χ1v) is 11.2. The Morgan fingerprint density at radius 3 is 2.69 bits per heavy atom. The van der Waals surface area contributed by atoms with E-state index in [0.717, 1.165) is 24.3 Å². The van der Waals surface area contributed by atoms with Crippen LogP contribution in [0.1, 0.15) is 45.2 Å². The molecule has 8 heteroatoms. The fourth-order valence-corrected chi connectivity index (χ4v) is 4.12. The van der Waals surface area contributed by atoms with Gasteiger partial charge in [0.15, 0.2) is 11.6 Å². The van der Waals surface area contributed by atoms with Crippen LogP contribution in [0.25, 0.3) is 11.3 Å². The van der Waals surface area contributed by atoms with E-state index >= 15 is 0 Å². The van der Waals surface area contributed by atoms with Gasteiger partial charge in [-0.15, -0.1) is 0 Å². The predicted molar refractivity (Wildman–Crippen MR) is 128 cm³/mol. The van der Waals surface area contributed by atoms with Crippen LogP contribution in [-0.2, 0) is 6.54 Å². The van der Waals surface area contributed by atoms with E-state index in [1.807, 2.05) is 10.9 Å². The number of hydrogen-bond donors (Lipinski definition) is 1. The Morgan fingerprint density at radius 2 is 2.03 bits per heavy atom. The first-order valence-electron chi connectivity index (χ1n) is 11.2. The number of nitrogen functional groups attached to an aromatic ring is 1. The van der Waals surface area contributed by atoms with Crippen molar-refractivity contribution in [1.29, 1.82) is 0 Å². The summed E-state index contributed by atoms with van der Waals surface area (Å²) in [6.45, 7) is 8.34. The molecule has 0 spiro atoms. The maximum Gasteiger partial charge on any atom is 0.263 e. The molecule has 3 aromatic rings. The minimum absolute atomic E-state index is 0.243. The Kier molecular flexibility index (Phi) is 6.32. The molecule has 0 amide bonds. The Morgan fingerprint density at radius 1 is 1.22 bits per heavy atom. The van der Waals surface area contributed by atoms with E-state index in [-0.39, 0.29) is 11.9 Å². The monoisotopic (exact) mass is 435 g/mol. The average molecular weight is 436 g/mol. The van der Waals surface area contributed by atoms with Gasteiger partial charge in [-0.2, -0.15) is 5.10 Å². The summed E-state index contributed by atoms with van der Waals surface area (Å²) in [5, 5.41) is 4.32. The third kappa shape index (κ3) is 4.85. The molecule has 0 aliphatic carbocycles. The Balaban J connectivity index is 1.69. The average Bonchev–Trinajstić information content (AvgIpc) is 3.38. The molecule has 1 unspecified atom stereocenters. The standard InChI is InChI=1S/C24H33N7O/c1-16(2)31-15-21(12-27-31)32-24-23(25)26-13-22(28-24)19-9-18(14-29(4)5)10-20(11-19)30-8-6-7-17(30)3/h9-13,15-17H,6-8,14H2,1-5H3,(H2,25,26). The van der Waals surface area contributed by atoms with Gasteiger partial charge in [-0.1, -0.05) is 0 Å². The zero-order valence-electron chi connectivity index (χ0n) is 19.6. The highest BCUT2D eigenvalue weighted by atomic mass is 16.5. The molecule has 2 aromatic heterocycles. The van der Waals surface area contributed by atoms with Crippen LogP contribution >= 0.6 is 0 Å². The van der Waals surface area contributed by atoms with Gasteiger partial charge in [-0.3, -0.25) is 4.68 Å². The third-order valence-corrected chi connectivity index (χ3v) is 5.75. The van der Waals surface area contributed by atoms with E-state index in [4.69, 9.17) is 15.5 Å². The van der Waals surface area contributed by atoms with Crippen LogP contribution in [0.3, 0.4) is 0 Å². The minimum Gasteiger partial charge on any atom is -0.433 e. The Labute approximate surface area is 190 Å². The molecular formula is C24H33N7O. The lowest BCUT2D eigenvalue weighted by molar-refractivity contribution is 0.402. The van der Waals surface area contributed by atoms with E-state index in [0.29, 0.717) is 17.7 Å². The molecule has 1 saturated heterocycles. The van der Waals surface area contributed by atoms with Crippen molar-refractivity contribution in [3.63, 3.8) is 0 Å². The van der Waals surface area contributed by atoms with Gasteiger partial charge in [0.25, 0.3) is 5.88 Å².